The molecule has 0 spiro atoms. The van der Waals surface area contributed by atoms with Crippen LogP contribution in [0.1, 0.15) is 16.8 Å². The number of nitrogens with two attached hydrogens (primary N) is 2. The molecule has 0 aliphatic carbocycles. The highest BCUT2D eigenvalue weighted by Gasteiger charge is 2.09. The van der Waals surface area contributed by atoms with Crippen LogP contribution in [0.5, 0.6) is 0 Å². The lowest BCUT2D eigenvalue weighted by Crippen LogP contribution is -2.20. The van der Waals surface area contributed by atoms with E-state index in [9.17, 15) is 9.59 Å². The standard InChI is InChI=1S/C11H15N3O3/c1-14-10(15)2-3-17-11(16)7-4-8(12)6-9(13)5-7/h4-6H,2-3,12-13H2,1H3,(H,14,15). The van der Waals surface area contributed by atoms with Crippen molar-refractivity contribution >= 4 is 23.3 Å². The number of amides is 1. The van der Waals surface area contributed by atoms with Crippen molar-refractivity contribution in [2.75, 3.05) is 25.1 Å². The van der Waals surface area contributed by atoms with Crippen molar-refractivity contribution in [1.82, 2.24) is 5.32 Å². The third-order valence-electron chi connectivity index (χ3n) is 2.05. The maximum Gasteiger partial charge on any atom is 0.338 e. The number of hydrogen-bond donors (Lipinski definition) is 3. The van der Waals surface area contributed by atoms with Crippen molar-refractivity contribution < 1.29 is 14.3 Å². The van der Waals surface area contributed by atoms with E-state index in [2.05, 4.69) is 5.32 Å². The normalized spacial score (nSPS) is 9.71. The van der Waals surface area contributed by atoms with Crippen LogP contribution in [0.4, 0.5) is 11.4 Å². The van der Waals surface area contributed by atoms with Gasteiger partial charge in [0.2, 0.25) is 5.91 Å². The second-order valence-electron chi connectivity index (χ2n) is 3.45. The minimum absolute atomic E-state index is 0.0210. The van der Waals surface area contributed by atoms with Gasteiger partial charge >= 0.3 is 5.97 Å². The molecule has 6 heteroatoms. The average Bonchev–Trinajstić information content (AvgIpc) is 2.27. The van der Waals surface area contributed by atoms with Crippen LogP contribution in [0.25, 0.3) is 0 Å². The lowest BCUT2D eigenvalue weighted by molar-refractivity contribution is -0.121. The number of nitrogens with one attached hydrogen (secondary N) is 1. The van der Waals surface area contributed by atoms with Crippen molar-refractivity contribution in [3.8, 4) is 0 Å². The number of rotatable bonds is 4. The summed E-state index contributed by atoms with van der Waals surface area (Å²) in [7, 11) is 1.52. The maximum absolute atomic E-state index is 11.6. The van der Waals surface area contributed by atoms with Gasteiger partial charge in [0, 0.05) is 18.4 Å². The van der Waals surface area contributed by atoms with Crippen LogP contribution in [-0.4, -0.2) is 25.5 Å². The van der Waals surface area contributed by atoms with E-state index in [1.165, 1.54) is 19.2 Å². The lowest BCUT2D eigenvalue weighted by atomic mass is 10.2. The molecule has 0 aliphatic heterocycles. The highest BCUT2D eigenvalue weighted by molar-refractivity contribution is 5.91. The molecular formula is C11H15N3O3. The molecule has 0 heterocycles. The lowest BCUT2D eigenvalue weighted by Gasteiger charge is -2.06. The van der Waals surface area contributed by atoms with E-state index in [0.29, 0.717) is 11.4 Å². The Labute approximate surface area is 98.9 Å². The van der Waals surface area contributed by atoms with Gasteiger partial charge in [0.25, 0.3) is 0 Å². The van der Waals surface area contributed by atoms with Gasteiger partial charge in [0.1, 0.15) is 6.61 Å². The first kappa shape index (κ1) is 12.8. The Balaban J connectivity index is 2.55. The van der Waals surface area contributed by atoms with Crippen LogP contribution in [-0.2, 0) is 9.53 Å². The highest BCUT2D eigenvalue weighted by atomic mass is 16.5. The smallest absolute Gasteiger partial charge is 0.338 e. The summed E-state index contributed by atoms with van der Waals surface area (Å²) in [5, 5.41) is 2.43. The number of esters is 1. The van der Waals surface area contributed by atoms with Crippen LogP contribution in [0.2, 0.25) is 0 Å². The summed E-state index contributed by atoms with van der Waals surface area (Å²) < 4.78 is 4.90. The predicted octanol–water partition coefficient (Wildman–Crippen LogP) is 0.144. The summed E-state index contributed by atoms with van der Waals surface area (Å²) in [5.74, 6) is -0.738. The second kappa shape index (κ2) is 5.74. The molecule has 0 fully saturated rings. The fourth-order valence-corrected chi connectivity index (χ4v) is 1.24. The number of ether oxygens (including phenoxy) is 1. The van der Waals surface area contributed by atoms with Gasteiger partial charge in [-0.15, -0.1) is 0 Å². The SMILES string of the molecule is CNC(=O)CCOC(=O)c1cc(N)cc(N)c1. The number of benzene rings is 1. The molecule has 0 unspecified atom stereocenters. The van der Waals surface area contributed by atoms with Gasteiger partial charge in [0.05, 0.1) is 12.0 Å². The Morgan fingerprint density at radius 1 is 1.24 bits per heavy atom. The zero-order chi connectivity index (χ0) is 12.8. The maximum atomic E-state index is 11.6. The van der Waals surface area contributed by atoms with E-state index < -0.39 is 5.97 Å². The molecule has 0 aliphatic rings. The monoisotopic (exact) mass is 237 g/mol. The van der Waals surface area contributed by atoms with Crippen LogP contribution in [0, 0.1) is 0 Å². The van der Waals surface area contributed by atoms with Gasteiger partial charge in [-0.3, -0.25) is 4.79 Å². The fraction of sp³-hybridized carbons (Fsp3) is 0.273. The van der Waals surface area contributed by atoms with Crippen molar-refractivity contribution in [3.05, 3.63) is 23.8 Å². The van der Waals surface area contributed by atoms with Crippen molar-refractivity contribution in [2.24, 2.45) is 0 Å². The summed E-state index contributed by atoms with van der Waals surface area (Å²) in [6, 6.07) is 4.48. The molecule has 1 aromatic rings. The molecule has 0 saturated carbocycles. The van der Waals surface area contributed by atoms with E-state index in [4.69, 9.17) is 16.2 Å². The van der Waals surface area contributed by atoms with Gasteiger partial charge in [-0.25, -0.2) is 4.79 Å². The first-order chi connectivity index (χ1) is 8.02. The predicted molar refractivity (Wildman–Crippen MR) is 64.2 cm³/mol. The van der Waals surface area contributed by atoms with E-state index in [-0.39, 0.29) is 24.5 Å². The Kier molecular flexibility index (Phi) is 4.33. The first-order valence-electron chi connectivity index (χ1n) is 5.06. The molecule has 1 aromatic carbocycles. The largest absolute Gasteiger partial charge is 0.462 e. The van der Waals surface area contributed by atoms with E-state index >= 15 is 0 Å². The molecule has 5 N–H and O–H groups in total. The minimum Gasteiger partial charge on any atom is -0.462 e. The zero-order valence-electron chi connectivity index (χ0n) is 9.53. The van der Waals surface area contributed by atoms with Gasteiger partial charge in [-0.2, -0.15) is 0 Å². The summed E-state index contributed by atoms with van der Waals surface area (Å²) in [6.07, 6.45) is 0.125. The summed E-state index contributed by atoms with van der Waals surface area (Å²) in [4.78, 5) is 22.4. The quantitative estimate of drug-likeness (QED) is 0.510. The topological polar surface area (TPSA) is 107 Å². The fourth-order valence-electron chi connectivity index (χ4n) is 1.24. The van der Waals surface area contributed by atoms with Gasteiger partial charge < -0.3 is 21.5 Å². The first-order valence-corrected chi connectivity index (χ1v) is 5.06. The zero-order valence-corrected chi connectivity index (χ0v) is 9.53. The molecular weight excluding hydrogens is 222 g/mol. The van der Waals surface area contributed by atoms with Crippen molar-refractivity contribution in [3.63, 3.8) is 0 Å². The molecule has 17 heavy (non-hydrogen) atoms. The second-order valence-corrected chi connectivity index (χ2v) is 3.45. The minimum atomic E-state index is -0.548. The molecule has 92 valence electrons. The van der Waals surface area contributed by atoms with Gasteiger partial charge in [0.15, 0.2) is 0 Å². The molecule has 0 radical (unpaired) electrons. The summed E-state index contributed by atoms with van der Waals surface area (Å²) in [6.45, 7) is 0.0210. The Hall–Kier alpha value is -2.24. The third-order valence-corrected chi connectivity index (χ3v) is 2.05. The average molecular weight is 237 g/mol. The Bertz CT molecular complexity index is 412. The van der Waals surface area contributed by atoms with Crippen LogP contribution >= 0.6 is 0 Å². The molecule has 0 bridgehead atoms. The molecule has 6 nitrogen and oxygen atoms in total. The number of hydrogen-bond acceptors (Lipinski definition) is 5. The van der Waals surface area contributed by atoms with Crippen LogP contribution < -0.4 is 16.8 Å². The number of nitrogen functional groups attached to an aromatic ring is 2. The Morgan fingerprint density at radius 3 is 2.35 bits per heavy atom. The molecule has 1 rings (SSSR count). The Morgan fingerprint density at radius 2 is 1.82 bits per heavy atom. The summed E-state index contributed by atoms with van der Waals surface area (Å²) in [5.41, 5.74) is 12.1. The number of carbonyl (C=O) groups excluding carboxylic acids is 2. The third kappa shape index (κ3) is 4.02. The van der Waals surface area contributed by atoms with Crippen molar-refractivity contribution in [2.45, 2.75) is 6.42 Å². The molecule has 0 aromatic heterocycles. The molecule has 0 atom stereocenters. The van der Waals surface area contributed by atoms with Crippen molar-refractivity contribution in [1.29, 1.82) is 0 Å². The van der Waals surface area contributed by atoms with Crippen LogP contribution in [0.3, 0.4) is 0 Å². The van der Waals surface area contributed by atoms with E-state index in [1.54, 1.807) is 6.07 Å². The summed E-state index contributed by atoms with van der Waals surface area (Å²) >= 11 is 0. The molecule has 1 amide bonds. The number of carbonyl (C=O) groups is 2. The highest BCUT2D eigenvalue weighted by Crippen LogP contribution is 2.14. The van der Waals surface area contributed by atoms with E-state index in [1.807, 2.05) is 0 Å². The van der Waals surface area contributed by atoms with E-state index in [0.717, 1.165) is 0 Å². The number of anilines is 2. The molecule has 0 saturated heterocycles. The van der Waals surface area contributed by atoms with Gasteiger partial charge in [-0.05, 0) is 18.2 Å². The van der Waals surface area contributed by atoms with Gasteiger partial charge in [-0.1, -0.05) is 0 Å². The van der Waals surface area contributed by atoms with Crippen LogP contribution in [0.15, 0.2) is 18.2 Å².